The zero-order chi connectivity index (χ0) is 22.3. The summed E-state index contributed by atoms with van der Waals surface area (Å²) in [7, 11) is 0. The van der Waals surface area contributed by atoms with Crippen molar-refractivity contribution in [2.75, 3.05) is 6.54 Å². The van der Waals surface area contributed by atoms with E-state index in [0.717, 1.165) is 42.1 Å². The lowest BCUT2D eigenvalue weighted by molar-refractivity contribution is -0.128. The third-order valence-corrected chi connectivity index (χ3v) is 5.44. The molecule has 0 spiro atoms. The molecule has 1 fully saturated rings. The van der Waals surface area contributed by atoms with Gasteiger partial charge in [-0.1, -0.05) is 12.5 Å². The number of carbonyl (C=O) groups excluding carboxylic acids is 3. The number of aromatic nitrogens is 3. The molecule has 10 nitrogen and oxygen atoms in total. The van der Waals surface area contributed by atoms with Crippen LogP contribution in [-0.4, -0.2) is 49.9 Å². The largest absolute Gasteiger partial charge is 0.467 e. The van der Waals surface area contributed by atoms with Gasteiger partial charge in [0.05, 0.1) is 12.8 Å². The lowest BCUT2D eigenvalue weighted by Gasteiger charge is -2.11. The van der Waals surface area contributed by atoms with E-state index < -0.39 is 12.1 Å². The van der Waals surface area contributed by atoms with Crippen molar-refractivity contribution < 1.29 is 18.8 Å². The van der Waals surface area contributed by atoms with Gasteiger partial charge in [-0.2, -0.15) is 0 Å². The molecule has 1 aliphatic heterocycles. The summed E-state index contributed by atoms with van der Waals surface area (Å²) in [6.45, 7) is 0.667. The van der Waals surface area contributed by atoms with Gasteiger partial charge in [-0.3, -0.25) is 18.9 Å². The molecule has 0 bridgehead atoms. The van der Waals surface area contributed by atoms with Crippen LogP contribution in [0.2, 0.25) is 0 Å². The average Bonchev–Trinajstić information content (AvgIpc) is 3.52. The van der Waals surface area contributed by atoms with Crippen molar-refractivity contribution in [3.8, 4) is 0 Å². The van der Waals surface area contributed by atoms with Gasteiger partial charge in [0.15, 0.2) is 5.65 Å². The van der Waals surface area contributed by atoms with Gasteiger partial charge in [0, 0.05) is 25.6 Å². The first-order valence-corrected chi connectivity index (χ1v) is 10.8. The maximum atomic E-state index is 12.4. The van der Waals surface area contributed by atoms with E-state index in [2.05, 4.69) is 20.8 Å². The molecule has 0 aromatic carbocycles. The number of hydrogen-bond donors (Lipinski definition) is 2. The van der Waals surface area contributed by atoms with Crippen LogP contribution in [0.15, 0.2) is 47.2 Å². The monoisotopic (exact) mass is 438 g/mol. The van der Waals surface area contributed by atoms with Crippen LogP contribution in [0.3, 0.4) is 0 Å². The molecule has 10 heteroatoms. The maximum absolute atomic E-state index is 12.4. The van der Waals surface area contributed by atoms with Gasteiger partial charge in [0.2, 0.25) is 5.91 Å². The molecule has 4 heterocycles. The number of amides is 4. The van der Waals surface area contributed by atoms with E-state index in [9.17, 15) is 14.4 Å². The van der Waals surface area contributed by atoms with Gasteiger partial charge >= 0.3 is 6.03 Å². The lowest BCUT2D eigenvalue weighted by Crippen LogP contribution is -2.32. The SMILES string of the molecule is O=C(CCC1NC(=O)N(Cc2ccco2)C1=O)NCCCCCc1nnc2ccccn12. The van der Waals surface area contributed by atoms with Crippen LogP contribution in [0.5, 0.6) is 0 Å². The molecular weight excluding hydrogens is 412 g/mol. The minimum Gasteiger partial charge on any atom is -0.467 e. The summed E-state index contributed by atoms with van der Waals surface area (Å²) in [5, 5.41) is 13.9. The van der Waals surface area contributed by atoms with Crippen molar-refractivity contribution in [2.24, 2.45) is 0 Å². The van der Waals surface area contributed by atoms with E-state index in [1.807, 2.05) is 28.8 Å². The molecule has 3 aromatic heterocycles. The highest BCUT2D eigenvalue weighted by molar-refractivity contribution is 6.04. The van der Waals surface area contributed by atoms with Gasteiger partial charge in [-0.05, 0) is 43.5 Å². The zero-order valence-electron chi connectivity index (χ0n) is 17.7. The zero-order valence-corrected chi connectivity index (χ0v) is 17.7. The van der Waals surface area contributed by atoms with Crippen LogP contribution in [0.25, 0.3) is 5.65 Å². The smallest absolute Gasteiger partial charge is 0.325 e. The molecule has 1 aliphatic rings. The van der Waals surface area contributed by atoms with Crippen LogP contribution >= 0.6 is 0 Å². The summed E-state index contributed by atoms with van der Waals surface area (Å²) in [6, 6.07) is 8.08. The summed E-state index contributed by atoms with van der Waals surface area (Å²) in [4.78, 5) is 37.7. The summed E-state index contributed by atoms with van der Waals surface area (Å²) < 4.78 is 7.18. The van der Waals surface area contributed by atoms with E-state index in [1.54, 1.807) is 12.1 Å². The average molecular weight is 438 g/mol. The molecule has 32 heavy (non-hydrogen) atoms. The maximum Gasteiger partial charge on any atom is 0.325 e. The first-order chi connectivity index (χ1) is 15.6. The Bertz CT molecular complexity index is 1080. The van der Waals surface area contributed by atoms with Gasteiger partial charge in [0.1, 0.15) is 17.6 Å². The van der Waals surface area contributed by atoms with Crippen LogP contribution in [0.1, 0.15) is 43.7 Å². The van der Waals surface area contributed by atoms with E-state index in [0.29, 0.717) is 12.3 Å². The Morgan fingerprint density at radius 3 is 2.88 bits per heavy atom. The fraction of sp³-hybridized carbons (Fsp3) is 0.409. The Morgan fingerprint density at radius 2 is 2.03 bits per heavy atom. The second-order valence-electron chi connectivity index (χ2n) is 7.75. The predicted molar refractivity (Wildman–Crippen MR) is 114 cm³/mol. The highest BCUT2D eigenvalue weighted by Gasteiger charge is 2.38. The number of imide groups is 1. The number of aryl methyl sites for hydroxylation is 1. The Kier molecular flexibility index (Phi) is 6.78. The van der Waals surface area contributed by atoms with Crippen molar-refractivity contribution in [1.29, 1.82) is 0 Å². The Balaban J connectivity index is 1.10. The fourth-order valence-corrected chi connectivity index (χ4v) is 3.72. The van der Waals surface area contributed by atoms with E-state index in [1.165, 1.54) is 6.26 Å². The molecule has 0 aliphatic carbocycles. The molecular formula is C22H26N6O4. The van der Waals surface area contributed by atoms with E-state index in [-0.39, 0.29) is 31.2 Å². The number of nitrogens with one attached hydrogen (secondary N) is 2. The van der Waals surface area contributed by atoms with Gasteiger partial charge in [0.25, 0.3) is 5.91 Å². The van der Waals surface area contributed by atoms with Crippen LogP contribution < -0.4 is 10.6 Å². The second kappa shape index (κ2) is 10.1. The molecule has 3 aromatic rings. The molecule has 168 valence electrons. The number of nitrogens with zero attached hydrogens (tertiary/aromatic N) is 4. The minimum absolute atomic E-state index is 0.0883. The number of carbonyl (C=O) groups is 3. The number of furan rings is 1. The summed E-state index contributed by atoms with van der Waals surface area (Å²) in [5.41, 5.74) is 0.843. The molecule has 4 amide bonds. The van der Waals surface area contributed by atoms with Gasteiger partial charge in [-0.25, -0.2) is 4.79 Å². The third kappa shape index (κ3) is 5.13. The Labute approximate surface area is 185 Å². The van der Waals surface area contributed by atoms with Crippen LogP contribution in [0, 0.1) is 0 Å². The molecule has 0 radical (unpaired) electrons. The predicted octanol–water partition coefficient (Wildman–Crippen LogP) is 2.05. The molecule has 2 N–H and O–H groups in total. The van der Waals surface area contributed by atoms with Crippen molar-refractivity contribution in [3.05, 3.63) is 54.4 Å². The molecule has 1 saturated heterocycles. The summed E-state index contributed by atoms with van der Waals surface area (Å²) in [5.74, 6) is 1.01. The van der Waals surface area contributed by atoms with Crippen molar-refractivity contribution in [3.63, 3.8) is 0 Å². The number of fused-ring (bicyclic) bond motifs is 1. The summed E-state index contributed by atoms with van der Waals surface area (Å²) >= 11 is 0. The minimum atomic E-state index is -0.679. The first kappa shape index (κ1) is 21.5. The number of pyridine rings is 1. The van der Waals surface area contributed by atoms with Gasteiger partial charge in [-0.15, -0.1) is 10.2 Å². The highest BCUT2D eigenvalue weighted by atomic mass is 16.3. The molecule has 1 atom stereocenters. The number of unbranched alkanes of at least 4 members (excludes halogenated alkanes) is 2. The Morgan fingerprint density at radius 1 is 1.12 bits per heavy atom. The van der Waals surface area contributed by atoms with E-state index >= 15 is 0 Å². The Hall–Kier alpha value is -3.69. The topological polar surface area (TPSA) is 122 Å². The van der Waals surface area contributed by atoms with Crippen molar-refractivity contribution >= 4 is 23.5 Å². The van der Waals surface area contributed by atoms with Crippen LogP contribution in [-0.2, 0) is 22.6 Å². The number of hydrogen-bond acceptors (Lipinski definition) is 6. The fourth-order valence-electron chi connectivity index (χ4n) is 3.72. The first-order valence-electron chi connectivity index (χ1n) is 10.8. The standard InChI is InChI=1S/C22H26N6O4/c29-20(11-10-17-21(30)28(22(31)24-17)15-16-7-6-14-32-16)23-12-4-1-2-8-18-25-26-19-9-3-5-13-27(18)19/h3,5-7,9,13-14,17H,1-2,4,8,10-12,15H2,(H,23,29)(H,24,31). The summed E-state index contributed by atoms with van der Waals surface area (Å²) in [6.07, 6.45) is 7.50. The van der Waals surface area contributed by atoms with Crippen LogP contribution in [0.4, 0.5) is 4.79 Å². The normalized spacial score (nSPS) is 16.0. The van der Waals surface area contributed by atoms with Crippen molar-refractivity contribution in [1.82, 2.24) is 30.1 Å². The molecule has 4 rings (SSSR count). The second-order valence-corrected chi connectivity index (χ2v) is 7.75. The lowest BCUT2D eigenvalue weighted by atomic mass is 10.1. The quantitative estimate of drug-likeness (QED) is 0.349. The number of rotatable bonds is 11. The molecule has 0 saturated carbocycles. The number of urea groups is 1. The van der Waals surface area contributed by atoms with E-state index in [4.69, 9.17) is 4.42 Å². The highest BCUT2D eigenvalue weighted by Crippen LogP contribution is 2.15. The van der Waals surface area contributed by atoms with Crippen molar-refractivity contribution in [2.45, 2.75) is 51.1 Å². The molecule has 1 unspecified atom stereocenters. The third-order valence-electron chi connectivity index (χ3n) is 5.44. The van der Waals surface area contributed by atoms with Gasteiger partial charge < -0.3 is 15.1 Å².